The Bertz CT molecular complexity index is 626. The van der Waals surface area contributed by atoms with Gasteiger partial charge in [-0.15, -0.1) is 0 Å². The Balaban J connectivity index is 2.53. The van der Waals surface area contributed by atoms with Crippen molar-refractivity contribution in [1.29, 1.82) is 0 Å². The van der Waals surface area contributed by atoms with Gasteiger partial charge >= 0.3 is 0 Å². The molecule has 2 rings (SSSR count). The Kier molecular flexibility index (Phi) is 4.57. The van der Waals surface area contributed by atoms with E-state index in [0.29, 0.717) is 21.2 Å². The minimum atomic E-state index is -0.836. The van der Waals surface area contributed by atoms with E-state index in [4.69, 9.17) is 23.2 Å². The predicted molar refractivity (Wildman–Crippen MR) is 84.1 cm³/mol. The molecule has 0 heterocycles. The van der Waals surface area contributed by atoms with Gasteiger partial charge in [-0.1, -0.05) is 41.4 Å². The number of aryl methyl sites for hydroxylation is 2. The van der Waals surface area contributed by atoms with Gasteiger partial charge < -0.3 is 5.11 Å². The van der Waals surface area contributed by atoms with Gasteiger partial charge in [0.25, 0.3) is 0 Å². The summed E-state index contributed by atoms with van der Waals surface area (Å²) in [5.41, 5.74) is 3.50. The van der Waals surface area contributed by atoms with E-state index in [1.165, 1.54) is 0 Å². The molecule has 1 nitrogen and oxygen atoms in total. The minimum absolute atomic E-state index is 0.504. The summed E-state index contributed by atoms with van der Waals surface area (Å²) in [6, 6.07) is 9.23. The molecular weight excluding hydrogens is 347 g/mol. The molecule has 1 N–H and O–H groups in total. The maximum absolute atomic E-state index is 10.5. The molecule has 0 aliphatic heterocycles. The highest BCUT2D eigenvalue weighted by Crippen LogP contribution is 2.36. The van der Waals surface area contributed by atoms with Crippen LogP contribution >= 0.6 is 39.1 Å². The van der Waals surface area contributed by atoms with E-state index >= 15 is 0 Å². The van der Waals surface area contributed by atoms with Crippen LogP contribution in [0, 0.1) is 13.8 Å². The lowest BCUT2D eigenvalue weighted by atomic mass is 9.98. The lowest BCUT2D eigenvalue weighted by Crippen LogP contribution is -2.03. The van der Waals surface area contributed by atoms with E-state index in [0.717, 1.165) is 15.6 Å². The highest BCUT2D eigenvalue weighted by atomic mass is 79.9. The Morgan fingerprint density at radius 2 is 1.68 bits per heavy atom. The van der Waals surface area contributed by atoms with E-state index in [-0.39, 0.29) is 0 Å². The second-order valence-electron chi connectivity index (χ2n) is 4.50. The van der Waals surface area contributed by atoms with Crippen LogP contribution in [0.3, 0.4) is 0 Å². The molecule has 0 aliphatic rings. The van der Waals surface area contributed by atoms with Gasteiger partial charge in [0.2, 0.25) is 0 Å². The average Bonchev–Trinajstić information content (AvgIpc) is 2.36. The van der Waals surface area contributed by atoms with Crippen LogP contribution in [0.15, 0.2) is 34.8 Å². The smallest absolute Gasteiger partial charge is 0.107 e. The monoisotopic (exact) mass is 358 g/mol. The molecule has 0 amide bonds. The zero-order chi connectivity index (χ0) is 14.2. The first kappa shape index (κ1) is 14.9. The Morgan fingerprint density at radius 1 is 1.05 bits per heavy atom. The van der Waals surface area contributed by atoms with Crippen molar-refractivity contribution in [3.05, 3.63) is 67.1 Å². The van der Waals surface area contributed by atoms with Crippen LogP contribution in [0.2, 0.25) is 10.0 Å². The first-order valence-electron chi connectivity index (χ1n) is 5.80. The number of halogens is 3. The third-order valence-corrected chi connectivity index (χ3v) is 4.82. The van der Waals surface area contributed by atoms with E-state index in [1.54, 1.807) is 6.07 Å². The molecule has 4 heteroatoms. The third kappa shape index (κ3) is 2.97. The Morgan fingerprint density at radius 3 is 2.37 bits per heavy atom. The summed E-state index contributed by atoms with van der Waals surface area (Å²) in [5.74, 6) is 0. The molecule has 0 aliphatic carbocycles. The fraction of sp³-hybridized carbons (Fsp3) is 0.200. The van der Waals surface area contributed by atoms with Crippen molar-refractivity contribution in [3.8, 4) is 0 Å². The summed E-state index contributed by atoms with van der Waals surface area (Å²) in [6.45, 7) is 3.98. The van der Waals surface area contributed by atoms with Crippen molar-refractivity contribution in [3.63, 3.8) is 0 Å². The second kappa shape index (κ2) is 5.84. The summed E-state index contributed by atoms with van der Waals surface area (Å²) in [5, 5.41) is 11.6. The standard InChI is InChI=1S/C15H13BrCl2O/c1-8-6-11(13(17)7-9(8)2)15(19)10-4-3-5-12(16)14(10)18/h3-7,15,19H,1-2H3. The third-order valence-electron chi connectivity index (χ3n) is 3.18. The van der Waals surface area contributed by atoms with Crippen LogP contribution < -0.4 is 0 Å². The number of hydrogen-bond acceptors (Lipinski definition) is 1. The molecule has 100 valence electrons. The summed E-state index contributed by atoms with van der Waals surface area (Å²) >= 11 is 15.8. The number of rotatable bonds is 2. The largest absolute Gasteiger partial charge is 0.384 e. The molecule has 0 fully saturated rings. The SMILES string of the molecule is Cc1cc(Cl)c(C(O)c2cccc(Br)c2Cl)cc1C. The van der Waals surface area contributed by atoms with Crippen molar-refractivity contribution >= 4 is 39.1 Å². The Hall–Kier alpha value is -0.540. The number of aliphatic hydroxyl groups excluding tert-OH is 1. The second-order valence-corrected chi connectivity index (χ2v) is 6.14. The molecule has 1 unspecified atom stereocenters. The summed E-state index contributed by atoms with van der Waals surface area (Å²) in [7, 11) is 0. The minimum Gasteiger partial charge on any atom is -0.384 e. The normalized spacial score (nSPS) is 12.5. The maximum Gasteiger partial charge on any atom is 0.107 e. The van der Waals surface area contributed by atoms with Crippen molar-refractivity contribution in [1.82, 2.24) is 0 Å². The summed E-state index contributed by atoms with van der Waals surface area (Å²) in [4.78, 5) is 0. The van der Waals surface area contributed by atoms with Crippen molar-refractivity contribution in [2.75, 3.05) is 0 Å². The molecule has 19 heavy (non-hydrogen) atoms. The first-order chi connectivity index (χ1) is 8.91. The zero-order valence-electron chi connectivity index (χ0n) is 10.5. The molecule has 0 saturated heterocycles. The molecule has 0 spiro atoms. The van der Waals surface area contributed by atoms with Crippen LogP contribution in [0.25, 0.3) is 0 Å². The van der Waals surface area contributed by atoms with Crippen LogP contribution in [0.4, 0.5) is 0 Å². The molecular formula is C15H13BrCl2O. The quantitative estimate of drug-likeness (QED) is 0.755. The van der Waals surface area contributed by atoms with Gasteiger partial charge in [0, 0.05) is 20.6 Å². The van der Waals surface area contributed by atoms with E-state index in [9.17, 15) is 5.11 Å². The number of hydrogen-bond donors (Lipinski definition) is 1. The first-order valence-corrected chi connectivity index (χ1v) is 7.35. The molecule has 2 aromatic rings. The average molecular weight is 360 g/mol. The molecule has 1 atom stereocenters. The topological polar surface area (TPSA) is 20.2 Å². The van der Waals surface area contributed by atoms with Gasteiger partial charge in [-0.25, -0.2) is 0 Å². The molecule has 0 aromatic heterocycles. The van der Waals surface area contributed by atoms with Gasteiger partial charge in [0.05, 0.1) is 5.02 Å². The van der Waals surface area contributed by atoms with Crippen LogP contribution in [-0.4, -0.2) is 5.11 Å². The Labute approximate surface area is 131 Å². The van der Waals surface area contributed by atoms with Crippen LogP contribution in [0.1, 0.15) is 28.4 Å². The van der Waals surface area contributed by atoms with Gasteiger partial charge in [0.15, 0.2) is 0 Å². The van der Waals surface area contributed by atoms with Crippen LogP contribution in [-0.2, 0) is 0 Å². The fourth-order valence-electron chi connectivity index (χ4n) is 1.91. The summed E-state index contributed by atoms with van der Waals surface area (Å²) < 4.78 is 0.755. The van der Waals surface area contributed by atoms with E-state index < -0.39 is 6.10 Å². The highest BCUT2D eigenvalue weighted by Gasteiger charge is 2.18. The van der Waals surface area contributed by atoms with Gasteiger partial charge in [0.1, 0.15) is 6.10 Å². The van der Waals surface area contributed by atoms with Crippen molar-refractivity contribution in [2.45, 2.75) is 20.0 Å². The lowest BCUT2D eigenvalue weighted by Gasteiger charge is -2.17. The number of benzene rings is 2. The van der Waals surface area contributed by atoms with E-state index in [2.05, 4.69) is 15.9 Å². The van der Waals surface area contributed by atoms with Crippen molar-refractivity contribution < 1.29 is 5.11 Å². The zero-order valence-corrected chi connectivity index (χ0v) is 13.6. The maximum atomic E-state index is 10.5. The summed E-state index contributed by atoms with van der Waals surface area (Å²) in [6.07, 6.45) is -0.836. The van der Waals surface area contributed by atoms with Gasteiger partial charge in [-0.05, 0) is 53.0 Å². The fourth-order valence-corrected chi connectivity index (χ4v) is 2.84. The predicted octanol–water partition coefficient (Wildman–Crippen LogP) is 5.45. The molecule has 0 bridgehead atoms. The molecule has 0 saturated carbocycles. The molecule has 2 aromatic carbocycles. The van der Waals surface area contributed by atoms with Gasteiger partial charge in [-0.3, -0.25) is 0 Å². The van der Waals surface area contributed by atoms with Gasteiger partial charge in [-0.2, -0.15) is 0 Å². The van der Waals surface area contributed by atoms with Crippen LogP contribution in [0.5, 0.6) is 0 Å². The van der Waals surface area contributed by atoms with E-state index in [1.807, 2.05) is 38.1 Å². The lowest BCUT2D eigenvalue weighted by molar-refractivity contribution is 0.220. The molecule has 0 radical (unpaired) electrons. The van der Waals surface area contributed by atoms with Crippen molar-refractivity contribution in [2.24, 2.45) is 0 Å². The highest BCUT2D eigenvalue weighted by molar-refractivity contribution is 9.10. The number of aliphatic hydroxyl groups is 1.